The third-order valence-corrected chi connectivity index (χ3v) is 3.61. The molecule has 0 bridgehead atoms. The maximum Gasteiger partial charge on any atom is 0.231 e. The van der Waals surface area contributed by atoms with Gasteiger partial charge in [0, 0.05) is 5.97 Å². The summed E-state index contributed by atoms with van der Waals surface area (Å²) in [5.74, 6) is 0.176. The van der Waals surface area contributed by atoms with E-state index in [2.05, 4.69) is 0 Å². The number of ether oxygens (including phenoxy) is 2. The van der Waals surface area contributed by atoms with Crippen LogP contribution in [-0.2, 0) is 11.2 Å². The lowest BCUT2D eigenvalue weighted by Gasteiger charge is -2.18. The van der Waals surface area contributed by atoms with Gasteiger partial charge in [-0.05, 0) is 42.0 Å². The molecule has 4 heteroatoms. The molecule has 1 atom stereocenters. The predicted octanol–water partition coefficient (Wildman–Crippen LogP) is 1.88. The number of hydrogen-bond donors (Lipinski definition) is 0. The first kappa shape index (κ1) is 13.5. The number of carbonyl (C=O) groups is 1. The van der Waals surface area contributed by atoms with Gasteiger partial charge in [-0.3, -0.25) is 0 Å². The summed E-state index contributed by atoms with van der Waals surface area (Å²) < 4.78 is 10.6. The highest BCUT2D eigenvalue weighted by Crippen LogP contribution is 2.36. The van der Waals surface area contributed by atoms with Crippen molar-refractivity contribution in [3.63, 3.8) is 0 Å². The fourth-order valence-electron chi connectivity index (χ4n) is 2.57. The molecular formula is C17H15O4-. The van der Waals surface area contributed by atoms with Crippen LogP contribution in [-0.4, -0.2) is 12.8 Å². The number of carbonyl (C=O) groups excluding carboxylic acids is 1. The Bertz CT molecular complexity index is 636. The van der Waals surface area contributed by atoms with Crippen LogP contribution in [0.3, 0.4) is 0 Å². The number of carboxylic acid groups (broad SMARTS) is 1. The SMILES string of the molecule is O=C([O-])C[C@H](Cc1ccccc1)c1ccc2c(c1)OCO2. The van der Waals surface area contributed by atoms with Gasteiger partial charge >= 0.3 is 0 Å². The van der Waals surface area contributed by atoms with Crippen LogP contribution in [0.15, 0.2) is 48.5 Å². The van der Waals surface area contributed by atoms with Crippen molar-refractivity contribution in [2.75, 3.05) is 6.79 Å². The fraction of sp³-hybridized carbons (Fsp3) is 0.235. The number of hydrogen-bond acceptors (Lipinski definition) is 4. The van der Waals surface area contributed by atoms with Crippen LogP contribution in [0.25, 0.3) is 0 Å². The number of fused-ring (bicyclic) bond motifs is 1. The monoisotopic (exact) mass is 283 g/mol. The van der Waals surface area contributed by atoms with E-state index in [0.717, 1.165) is 11.1 Å². The molecule has 0 fully saturated rings. The molecule has 0 aromatic heterocycles. The Labute approximate surface area is 122 Å². The number of benzene rings is 2. The van der Waals surface area contributed by atoms with Crippen LogP contribution in [0.1, 0.15) is 23.5 Å². The average Bonchev–Trinajstić information content (AvgIpc) is 2.94. The minimum atomic E-state index is -1.05. The van der Waals surface area contributed by atoms with E-state index in [9.17, 15) is 9.90 Å². The summed E-state index contributed by atoms with van der Waals surface area (Å²) in [6.07, 6.45) is 0.628. The minimum absolute atomic E-state index is 0.0193. The molecule has 0 saturated heterocycles. The Morgan fingerprint density at radius 2 is 1.86 bits per heavy atom. The average molecular weight is 283 g/mol. The Morgan fingerprint density at radius 1 is 1.10 bits per heavy atom. The molecule has 2 aromatic carbocycles. The van der Waals surface area contributed by atoms with Crippen molar-refractivity contribution in [3.8, 4) is 11.5 Å². The van der Waals surface area contributed by atoms with Gasteiger partial charge < -0.3 is 19.4 Å². The molecule has 2 aromatic rings. The lowest BCUT2D eigenvalue weighted by molar-refractivity contribution is -0.306. The Kier molecular flexibility index (Phi) is 3.77. The normalized spacial score (nSPS) is 13.9. The summed E-state index contributed by atoms with van der Waals surface area (Å²) in [5, 5.41) is 11.0. The van der Waals surface area contributed by atoms with Gasteiger partial charge in [0.2, 0.25) is 6.79 Å². The summed E-state index contributed by atoms with van der Waals surface area (Å²) in [7, 11) is 0. The van der Waals surface area contributed by atoms with Crippen molar-refractivity contribution in [2.24, 2.45) is 0 Å². The van der Waals surface area contributed by atoms with Crippen molar-refractivity contribution in [1.82, 2.24) is 0 Å². The van der Waals surface area contributed by atoms with E-state index in [-0.39, 0.29) is 19.1 Å². The summed E-state index contributed by atoms with van der Waals surface area (Å²) in [5.41, 5.74) is 2.02. The molecule has 0 amide bonds. The van der Waals surface area contributed by atoms with Crippen LogP contribution >= 0.6 is 0 Å². The number of carboxylic acids is 1. The van der Waals surface area contributed by atoms with Crippen molar-refractivity contribution in [3.05, 3.63) is 59.7 Å². The maximum atomic E-state index is 11.0. The van der Waals surface area contributed by atoms with Gasteiger partial charge in [0.25, 0.3) is 0 Å². The van der Waals surface area contributed by atoms with Crippen LogP contribution in [0, 0.1) is 0 Å². The molecule has 4 nitrogen and oxygen atoms in total. The minimum Gasteiger partial charge on any atom is -0.550 e. The van der Waals surface area contributed by atoms with Gasteiger partial charge in [-0.25, -0.2) is 0 Å². The van der Waals surface area contributed by atoms with Crippen LogP contribution < -0.4 is 14.6 Å². The predicted molar refractivity (Wildman–Crippen MR) is 75.1 cm³/mol. The third kappa shape index (κ3) is 3.16. The summed E-state index contributed by atoms with van der Waals surface area (Å²) in [6.45, 7) is 0.211. The van der Waals surface area contributed by atoms with Crippen molar-refractivity contribution in [2.45, 2.75) is 18.8 Å². The van der Waals surface area contributed by atoms with E-state index in [0.29, 0.717) is 17.9 Å². The van der Waals surface area contributed by atoms with Gasteiger partial charge in [0.15, 0.2) is 11.5 Å². The molecule has 0 spiro atoms. The molecule has 21 heavy (non-hydrogen) atoms. The Morgan fingerprint density at radius 3 is 2.62 bits per heavy atom. The standard InChI is InChI=1S/C17H16O4/c18-17(19)10-14(8-12-4-2-1-3-5-12)13-6-7-15-16(9-13)21-11-20-15/h1-7,9,14H,8,10-11H2,(H,18,19)/p-1/t14-/m0/s1. The van der Waals surface area contributed by atoms with E-state index in [1.807, 2.05) is 48.5 Å². The molecular weight excluding hydrogens is 268 g/mol. The molecule has 0 unspecified atom stereocenters. The van der Waals surface area contributed by atoms with E-state index >= 15 is 0 Å². The summed E-state index contributed by atoms with van der Waals surface area (Å²) in [6, 6.07) is 15.4. The second-order valence-electron chi connectivity index (χ2n) is 5.08. The van der Waals surface area contributed by atoms with E-state index in [1.54, 1.807) is 0 Å². The molecule has 0 radical (unpaired) electrons. The Hall–Kier alpha value is -2.49. The lowest BCUT2D eigenvalue weighted by Crippen LogP contribution is -2.25. The molecule has 3 rings (SSSR count). The zero-order valence-electron chi connectivity index (χ0n) is 11.5. The second-order valence-corrected chi connectivity index (χ2v) is 5.08. The van der Waals surface area contributed by atoms with Gasteiger partial charge in [0.1, 0.15) is 0 Å². The summed E-state index contributed by atoms with van der Waals surface area (Å²) in [4.78, 5) is 11.0. The van der Waals surface area contributed by atoms with Gasteiger partial charge in [-0.2, -0.15) is 0 Å². The zero-order valence-corrected chi connectivity index (χ0v) is 11.5. The van der Waals surface area contributed by atoms with Crippen molar-refractivity contribution >= 4 is 5.97 Å². The molecule has 1 heterocycles. The molecule has 1 aliphatic rings. The summed E-state index contributed by atoms with van der Waals surface area (Å²) >= 11 is 0. The van der Waals surface area contributed by atoms with E-state index < -0.39 is 5.97 Å². The first-order chi connectivity index (χ1) is 10.2. The van der Waals surface area contributed by atoms with Crippen molar-refractivity contribution in [1.29, 1.82) is 0 Å². The smallest absolute Gasteiger partial charge is 0.231 e. The first-order valence-corrected chi connectivity index (χ1v) is 6.85. The fourth-order valence-corrected chi connectivity index (χ4v) is 2.57. The Balaban J connectivity index is 1.86. The van der Waals surface area contributed by atoms with Crippen LogP contribution in [0.2, 0.25) is 0 Å². The quantitative estimate of drug-likeness (QED) is 0.840. The van der Waals surface area contributed by atoms with Gasteiger partial charge in [0.05, 0.1) is 0 Å². The molecule has 0 saturated carbocycles. The first-order valence-electron chi connectivity index (χ1n) is 6.85. The second kappa shape index (κ2) is 5.87. The molecule has 0 N–H and O–H groups in total. The highest BCUT2D eigenvalue weighted by molar-refractivity contribution is 5.66. The van der Waals surface area contributed by atoms with Gasteiger partial charge in [-0.15, -0.1) is 0 Å². The topological polar surface area (TPSA) is 58.6 Å². The lowest BCUT2D eigenvalue weighted by atomic mass is 9.89. The van der Waals surface area contributed by atoms with Crippen LogP contribution in [0.5, 0.6) is 11.5 Å². The number of rotatable bonds is 5. The highest BCUT2D eigenvalue weighted by atomic mass is 16.7. The van der Waals surface area contributed by atoms with Crippen LogP contribution in [0.4, 0.5) is 0 Å². The van der Waals surface area contributed by atoms with Gasteiger partial charge in [-0.1, -0.05) is 36.4 Å². The maximum absolute atomic E-state index is 11.0. The largest absolute Gasteiger partial charge is 0.550 e. The van der Waals surface area contributed by atoms with E-state index in [1.165, 1.54) is 0 Å². The van der Waals surface area contributed by atoms with E-state index in [4.69, 9.17) is 9.47 Å². The molecule has 1 aliphatic heterocycles. The molecule has 108 valence electrons. The highest BCUT2D eigenvalue weighted by Gasteiger charge is 2.18. The number of aliphatic carboxylic acids is 1. The molecule has 0 aliphatic carbocycles. The zero-order chi connectivity index (χ0) is 14.7. The third-order valence-electron chi connectivity index (χ3n) is 3.61. The van der Waals surface area contributed by atoms with Crippen molar-refractivity contribution < 1.29 is 19.4 Å².